The molecule has 2 N–H and O–H groups in total. The van der Waals surface area contributed by atoms with Gasteiger partial charge in [-0.25, -0.2) is 15.0 Å². The lowest BCUT2D eigenvalue weighted by molar-refractivity contribution is -0.858. The van der Waals surface area contributed by atoms with Gasteiger partial charge in [0.25, 0.3) is 0 Å². The Labute approximate surface area is 155 Å². The van der Waals surface area contributed by atoms with Crippen LogP contribution in [0.15, 0.2) is 25.0 Å². The Bertz CT molecular complexity index is 833. The van der Waals surface area contributed by atoms with Gasteiger partial charge in [-0.2, -0.15) is 0 Å². The molecule has 0 radical (unpaired) electrons. The molecule has 3 aromatic heterocycles. The monoisotopic (exact) mass is 356 g/mol. The minimum Gasteiger partial charge on any atom is -0.369 e. The molecule has 7 nitrogen and oxygen atoms in total. The highest BCUT2D eigenvalue weighted by molar-refractivity contribution is 5.91. The summed E-state index contributed by atoms with van der Waals surface area (Å²) in [7, 11) is 4.39. The highest BCUT2D eigenvalue weighted by atomic mass is 15.1. The summed E-state index contributed by atoms with van der Waals surface area (Å²) in [5.74, 6) is 0.943. The zero-order valence-corrected chi connectivity index (χ0v) is 16.3. The minimum absolute atomic E-state index is 0.873. The average Bonchev–Trinajstić information content (AvgIpc) is 3.21. The fourth-order valence-corrected chi connectivity index (χ4v) is 3.35. The van der Waals surface area contributed by atoms with Gasteiger partial charge < -0.3 is 19.4 Å². The number of aryl methyl sites for hydroxylation is 3. The van der Waals surface area contributed by atoms with Gasteiger partial charge in [0, 0.05) is 44.1 Å². The first-order chi connectivity index (χ1) is 12.6. The number of nitrogens with one attached hydrogen (secondary N) is 2. The van der Waals surface area contributed by atoms with Crippen molar-refractivity contribution < 1.29 is 4.90 Å². The van der Waals surface area contributed by atoms with Gasteiger partial charge in [-0.3, -0.25) is 0 Å². The Kier molecular flexibility index (Phi) is 5.88. The Hall–Kier alpha value is -2.41. The van der Waals surface area contributed by atoms with E-state index >= 15 is 0 Å². The van der Waals surface area contributed by atoms with Gasteiger partial charge in [-0.05, 0) is 25.8 Å². The average molecular weight is 356 g/mol. The van der Waals surface area contributed by atoms with E-state index in [0.29, 0.717) is 0 Å². The van der Waals surface area contributed by atoms with Crippen LogP contribution in [0.4, 0.5) is 5.82 Å². The van der Waals surface area contributed by atoms with Crippen molar-refractivity contribution in [2.24, 2.45) is 0 Å². The lowest BCUT2D eigenvalue weighted by Crippen LogP contribution is -3.05. The van der Waals surface area contributed by atoms with E-state index in [1.54, 1.807) is 6.33 Å². The third-order valence-corrected chi connectivity index (χ3v) is 4.91. The van der Waals surface area contributed by atoms with Crippen LogP contribution in [0.5, 0.6) is 0 Å². The van der Waals surface area contributed by atoms with Gasteiger partial charge in [0.2, 0.25) is 0 Å². The van der Waals surface area contributed by atoms with Crippen LogP contribution in [0, 0.1) is 13.8 Å². The minimum atomic E-state index is 0.873. The highest BCUT2D eigenvalue weighted by Crippen LogP contribution is 2.28. The van der Waals surface area contributed by atoms with E-state index in [9.17, 15) is 0 Å². The largest absolute Gasteiger partial charge is 0.369 e. The van der Waals surface area contributed by atoms with E-state index in [0.717, 1.165) is 55.9 Å². The number of anilines is 1. The van der Waals surface area contributed by atoms with Crippen LogP contribution < -0.4 is 10.2 Å². The van der Waals surface area contributed by atoms with E-state index in [-0.39, 0.29) is 0 Å². The van der Waals surface area contributed by atoms with Crippen molar-refractivity contribution in [3.05, 3.63) is 36.3 Å². The van der Waals surface area contributed by atoms with Gasteiger partial charge in [-0.1, -0.05) is 0 Å². The number of aromatic nitrogens is 5. The third kappa shape index (κ3) is 4.04. The Morgan fingerprint density at radius 2 is 1.96 bits per heavy atom. The molecule has 0 aliphatic heterocycles. The molecule has 0 saturated heterocycles. The number of quaternary nitrogens is 1. The predicted molar refractivity (Wildman–Crippen MR) is 105 cm³/mol. The quantitative estimate of drug-likeness (QED) is 0.567. The summed E-state index contributed by atoms with van der Waals surface area (Å²) in [6.07, 6.45) is 9.50. The highest BCUT2D eigenvalue weighted by Gasteiger charge is 2.16. The Morgan fingerprint density at radius 3 is 2.69 bits per heavy atom. The van der Waals surface area contributed by atoms with Crippen LogP contribution in [0.25, 0.3) is 11.0 Å². The number of fused-ring (bicyclic) bond motifs is 1. The van der Waals surface area contributed by atoms with Crippen LogP contribution in [0.1, 0.15) is 24.1 Å². The second kappa shape index (κ2) is 8.31. The molecule has 140 valence electrons. The summed E-state index contributed by atoms with van der Waals surface area (Å²) in [6.45, 7) is 8.33. The van der Waals surface area contributed by atoms with E-state index in [1.165, 1.54) is 16.2 Å². The van der Waals surface area contributed by atoms with E-state index in [4.69, 9.17) is 0 Å². The van der Waals surface area contributed by atoms with Gasteiger partial charge in [-0.15, -0.1) is 0 Å². The van der Waals surface area contributed by atoms with Crippen LogP contribution in [-0.4, -0.2) is 51.3 Å². The summed E-state index contributed by atoms with van der Waals surface area (Å²) < 4.78 is 4.43. The maximum Gasteiger partial charge on any atom is 0.145 e. The molecule has 0 aliphatic carbocycles. The first-order valence-corrected chi connectivity index (χ1v) is 9.37. The summed E-state index contributed by atoms with van der Waals surface area (Å²) in [6, 6.07) is 0. The van der Waals surface area contributed by atoms with Crippen LogP contribution in [0.3, 0.4) is 0 Å². The van der Waals surface area contributed by atoms with Crippen molar-refractivity contribution in [3.63, 3.8) is 0 Å². The van der Waals surface area contributed by atoms with Crippen molar-refractivity contribution in [2.75, 3.05) is 32.5 Å². The van der Waals surface area contributed by atoms with E-state index in [1.807, 2.05) is 18.7 Å². The standard InChI is InChI=1S/C19H29N7/c1-15-16(2)26(11-6-9-24(3)4)19-17(15)18(22-13-23-19)21-7-5-10-25-12-8-20-14-25/h8,12-14H,5-7,9-11H2,1-4H3,(H,21,22,23)/p+1. The van der Waals surface area contributed by atoms with Gasteiger partial charge in [0.1, 0.15) is 17.8 Å². The van der Waals surface area contributed by atoms with Gasteiger partial charge in [0.05, 0.1) is 32.4 Å². The first kappa shape index (κ1) is 18.4. The summed E-state index contributed by atoms with van der Waals surface area (Å²) in [5, 5.41) is 4.66. The Balaban J connectivity index is 1.72. The van der Waals surface area contributed by atoms with Crippen molar-refractivity contribution in [3.8, 4) is 0 Å². The molecule has 3 rings (SSSR count). The molecule has 0 unspecified atom stereocenters. The molecular formula is C19H30N7+. The smallest absolute Gasteiger partial charge is 0.145 e. The third-order valence-electron chi connectivity index (χ3n) is 4.91. The van der Waals surface area contributed by atoms with Gasteiger partial charge >= 0.3 is 0 Å². The lowest BCUT2D eigenvalue weighted by atomic mass is 10.2. The zero-order chi connectivity index (χ0) is 18.5. The summed E-state index contributed by atoms with van der Waals surface area (Å²) >= 11 is 0. The summed E-state index contributed by atoms with van der Waals surface area (Å²) in [5.41, 5.74) is 3.60. The molecule has 0 fully saturated rings. The fourth-order valence-electron chi connectivity index (χ4n) is 3.35. The number of rotatable bonds is 9. The van der Waals surface area contributed by atoms with Crippen molar-refractivity contribution >= 4 is 16.9 Å². The van der Waals surface area contributed by atoms with Crippen molar-refractivity contribution in [1.82, 2.24) is 24.1 Å². The van der Waals surface area contributed by atoms with Gasteiger partial charge in [0.15, 0.2) is 0 Å². The molecule has 0 aliphatic rings. The molecule has 0 saturated carbocycles. The molecule has 26 heavy (non-hydrogen) atoms. The number of hydrogen-bond acceptors (Lipinski definition) is 4. The second-order valence-electron chi connectivity index (χ2n) is 7.17. The number of hydrogen-bond donors (Lipinski definition) is 2. The zero-order valence-electron chi connectivity index (χ0n) is 16.3. The van der Waals surface area contributed by atoms with Crippen molar-refractivity contribution in [1.29, 1.82) is 0 Å². The van der Waals surface area contributed by atoms with Crippen molar-refractivity contribution in [2.45, 2.75) is 39.8 Å². The van der Waals surface area contributed by atoms with Crippen LogP contribution in [0.2, 0.25) is 0 Å². The molecule has 0 atom stereocenters. The molecule has 7 heteroatoms. The molecule has 0 spiro atoms. The lowest BCUT2D eigenvalue weighted by Gasteiger charge is -2.10. The Morgan fingerprint density at radius 1 is 1.12 bits per heavy atom. The molecule has 0 amide bonds. The molecule has 0 bridgehead atoms. The number of nitrogens with zero attached hydrogens (tertiary/aromatic N) is 5. The first-order valence-electron chi connectivity index (χ1n) is 9.37. The fraction of sp³-hybridized carbons (Fsp3) is 0.526. The molecular weight excluding hydrogens is 326 g/mol. The molecule has 0 aromatic carbocycles. The second-order valence-corrected chi connectivity index (χ2v) is 7.17. The predicted octanol–water partition coefficient (Wildman–Crippen LogP) is 1.28. The maximum atomic E-state index is 4.58. The normalized spacial score (nSPS) is 11.6. The topological polar surface area (TPSA) is 65.0 Å². The van der Waals surface area contributed by atoms with E-state index in [2.05, 4.69) is 57.3 Å². The van der Waals surface area contributed by atoms with Crippen LogP contribution in [-0.2, 0) is 13.1 Å². The number of imidazole rings is 1. The molecule has 3 aromatic rings. The van der Waals surface area contributed by atoms with E-state index < -0.39 is 0 Å². The SMILES string of the molecule is Cc1c(C)n(CCC[NH+](C)C)c2ncnc(NCCCn3ccnc3)c12. The summed E-state index contributed by atoms with van der Waals surface area (Å²) in [4.78, 5) is 14.6. The molecule has 3 heterocycles. The maximum absolute atomic E-state index is 4.58. The van der Waals surface area contributed by atoms with Crippen LogP contribution >= 0.6 is 0 Å².